The van der Waals surface area contributed by atoms with Crippen LogP contribution in [0.1, 0.15) is 37.6 Å². The van der Waals surface area contributed by atoms with E-state index in [0.29, 0.717) is 41.7 Å². The minimum atomic E-state index is -0.568. The summed E-state index contributed by atoms with van der Waals surface area (Å²) in [5.41, 5.74) is 1.12. The molecule has 0 aliphatic carbocycles. The fraction of sp³-hybridized carbons (Fsp3) is 0.385. The Morgan fingerprint density at radius 3 is 2.71 bits per heavy atom. The molecule has 0 bridgehead atoms. The van der Waals surface area contributed by atoms with E-state index in [-0.39, 0.29) is 28.5 Å². The van der Waals surface area contributed by atoms with Crippen molar-refractivity contribution in [2.24, 2.45) is 5.41 Å². The van der Waals surface area contributed by atoms with Gasteiger partial charge in [0, 0.05) is 43.5 Å². The number of fused-ring (bicyclic) bond motifs is 1. The third kappa shape index (κ3) is 6.38. The number of nitrogens with one attached hydrogen (secondary N) is 4. The van der Waals surface area contributed by atoms with E-state index in [1.54, 1.807) is 31.3 Å². The number of halogens is 1. The minimum Gasteiger partial charge on any atom is -0.379 e. The van der Waals surface area contributed by atoms with Crippen molar-refractivity contribution in [1.29, 1.82) is 5.41 Å². The summed E-state index contributed by atoms with van der Waals surface area (Å²) in [6.45, 7) is 7.00. The van der Waals surface area contributed by atoms with Crippen LogP contribution in [0.3, 0.4) is 0 Å². The second kappa shape index (κ2) is 11.1. The standard InChI is InChI=1S/C26H32FN9O2/c1-26(2,3)20(28)11-21(36(4)5)34-24(37)15-6-7-17(27)18(10-15)33-23-22-19(30-14-31-23)12-29-25(35-22)32-16-8-9-38-13-16/h6-7,10-12,14,16,28H,8-9,13H2,1-5H3,(H,34,37)(H,29,32,35)(H,30,31,33)/b21-11-,28-20?. The first-order valence-electron chi connectivity index (χ1n) is 12.2. The predicted octanol–water partition coefficient (Wildman–Crippen LogP) is 3.70. The number of nitrogens with zero attached hydrogens (tertiary/aromatic N) is 5. The van der Waals surface area contributed by atoms with Gasteiger partial charge in [-0.05, 0) is 24.6 Å². The fourth-order valence-electron chi connectivity index (χ4n) is 3.55. The van der Waals surface area contributed by atoms with Gasteiger partial charge in [-0.15, -0.1) is 0 Å². The Morgan fingerprint density at radius 2 is 2.03 bits per heavy atom. The highest BCUT2D eigenvalue weighted by Gasteiger charge is 2.20. The van der Waals surface area contributed by atoms with E-state index in [9.17, 15) is 9.18 Å². The molecule has 0 saturated carbocycles. The van der Waals surface area contributed by atoms with Gasteiger partial charge in [-0.1, -0.05) is 20.8 Å². The SMILES string of the molecule is CN(C)/C(=C\C(=N)C(C)(C)C)NC(=O)c1ccc(F)c(Nc2ncnc3cnc(NC4CCOC4)nc23)c1. The van der Waals surface area contributed by atoms with Gasteiger partial charge in [-0.3, -0.25) is 4.79 Å². The van der Waals surface area contributed by atoms with Gasteiger partial charge in [0.2, 0.25) is 5.95 Å². The predicted molar refractivity (Wildman–Crippen MR) is 144 cm³/mol. The number of ether oxygens (including phenoxy) is 1. The smallest absolute Gasteiger partial charge is 0.256 e. The number of aromatic nitrogens is 4. The lowest BCUT2D eigenvalue weighted by molar-refractivity contribution is 0.0956. The molecule has 1 saturated heterocycles. The molecule has 4 N–H and O–H groups in total. The van der Waals surface area contributed by atoms with Gasteiger partial charge in [-0.25, -0.2) is 24.3 Å². The van der Waals surface area contributed by atoms with Gasteiger partial charge in [0.25, 0.3) is 5.91 Å². The van der Waals surface area contributed by atoms with E-state index in [0.717, 1.165) is 6.42 Å². The number of hydrogen-bond donors (Lipinski definition) is 4. The van der Waals surface area contributed by atoms with Gasteiger partial charge in [0.1, 0.15) is 29.0 Å². The molecule has 4 rings (SSSR count). The maximum atomic E-state index is 14.8. The zero-order valence-corrected chi connectivity index (χ0v) is 22.1. The molecule has 1 fully saturated rings. The highest BCUT2D eigenvalue weighted by atomic mass is 19.1. The monoisotopic (exact) mass is 521 g/mol. The van der Waals surface area contributed by atoms with Gasteiger partial charge in [0.15, 0.2) is 5.82 Å². The Bertz CT molecular complexity index is 1380. The van der Waals surface area contributed by atoms with Crippen LogP contribution in [0, 0.1) is 16.6 Å². The number of amides is 1. The van der Waals surface area contributed by atoms with Crippen molar-refractivity contribution >= 4 is 40.1 Å². The van der Waals surface area contributed by atoms with Crippen LogP contribution in [-0.4, -0.2) is 69.8 Å². The molecule has 0 spiro atoms. The Labute approximate surface area is 220 Å². The summed E-state index contributed by atoms with van der Waals surface area (Å²) >= 11 is 0. The molecule has 12 heteroatoms. The number of allylic oxidation sites excluding steroid dienone is 1. The maximum Gasteiger partial charge on any atom is 0.256 e. The number of carbonyl (C=O) groups excluding carboxylic acids is 1. The molecule has 1 atom stereocenters. The van der Waals surface area contributed by atoms with Gasteiger partial charge in [0.05, 0.1) is 24.5 Å². The molecule has 1 aromatic carbocycles. The first-order valence-corrected chi connectivity index (χ1v) is 12.2. The minimum absolute atomic E-state index is 0.0489. The van der Waals surface area contributed by atoms with Crippen LogP contribution in [0.15, 0.2) is 42.6 Å². The van der Waals surface area contributed by atoms with Crippen molar-refractivity contribution in [2.75, 3.05) is 37.9 Å². The van der Waals surface area contributed by atoms with Gasteiger partial charge >= 0.3 is 0 Å². The zero-order valence-electron chi connectivity index (χ0n) is 22.1. The third-order valence-electron chi connectivity index (χ3n) is 5.93. The number of carbonyl (C=O) groups is 1. The molecule has 1 aliphatic rings. The van der Waals surface area contributed by atoms with Crippen molar-refractivity contribution in [2.45, 2.75) is 33.2 Å². The summed E-state index contributed by atoms with van der Waals surface area (Å²) in [4.78, 5) is 32.0. The quantitative estimate of drug-likeness (QED) is 0.327. The molecule has 11 nitrogen and oxygen atoms in total. The zero-order chi connectivity index (χ0) is 27.4. The molecule has 1 unspecified atom stereocenters. The topological polar surface area (TPSA) is 141 Å². The van der Waals surface area contributed by atoms with Crippen molar-refractivity contribution in [1.82, 2.24) is 30.2 Å². The Morgan fingerprint density at radius 1 is 1.24 bits per heavy atom. The lowest BCUT2D eigenvalue weighted by Gasteiger charge is -2.22. The van der Waals surface area contributed by atoms with Crippen molar-refractivity contribution in [3.8, 4) is 0 Å². The summed E-state index contributed by atoms with van der Waals surface area (Å²) < 4.78 is 20.2. The number of rotatable bonds is 8. The first-order chi connectivity index (χ1) is 18.0. The molecule has 200 valence electrons. The van der Waals surface area contributed by atoms with Crippen LogP contribution in [0.2, 0.25) is 0 Å². The summed E-state index contributed by atoms with van der Waals surface area (Å²) in [7, 11) is 3.54. The van der Waals surface area contributed by atoms with Crippen LogP contribution < -0.4 is 16.0 Å². The van der Waals surface area contributed by atoms with E-state index in [1.165, 1.54) is 24.5 Å². The van der Waals surface area contributed by atoms with Crippen LogP contribution >= 0.6 is 0 Å². The second-order valence-electron chi connectivity index (χ2n) is 10.2. The number of anilines is 3. The maximum absolute atomic E-state index is 14.8. The Hall–Kier alpha value is -4.19. The highest BCUT2D eigenvalue weighted by Crippen LogP contribution is 2.25. The summed E-state index contributed by atoms with van der Waals surface area (Å²) in [5.74, 6) is 0.0897. The number of hydrogen-bond acceptors (Lipinski definition) is 10. The van der Waals surface area contributed by atoms with Crippen molar-refractivity contribution in [3.63, 3.8) is 0 Å². The van der Waals surface area contributed by atoms with Gasteiger partial charge in [-0.2, -0.15) is 0 Å². The van der Waals surface area contributed by atoms with E-state index < -0.39 is 11.7 Å². The number of benzene rings is 1. The van der Waals surface area contributed by atoms with Crippen LogP contribution in [0.5, 0.6) is 0 Å². The van der Waals surface area contributed by atoms with E-state index >= 15 is 0 Å². The van der Waals surface area contributed by atoms with E-state index in [2.05, 4.69) is 35.9 Å². The normalized spacial score (nSPS) is 15.8. The first kappa shape index (κ1) is 26.9. The molecule has 3 aromatic rings. The molecule has 1 aliphatic heterocycles. The van der Waals surface area contributed by atoms with Gasteiger partial charge < -0.3 is 31.0 Å². The largest absolute Gasteiger partial charge is 0.379 e. The molecule has 0 radical (unpaired) electrons. The molecular formula is C26H32FN9O2. The molecular weight excluding hydrogens is 489 g/mol. The Balaban J connectivity index is 1.58. The third-order valence-corrected chi connectivity index (χ3v) is 5.93. The summed E-state index contributed by atoms with van der Waals surface area (Å²) in [6, 6.07) is 4.11. The van der Waals surface area contributed by atoms with Crippen molar-refractivity contribution in [3.05, 3.63) is 54.0 Å². The molecule has 3 heterocycles. The van der Waals surface area contributed by atoms with Crippen molar-refractivity contribution < 1.29 is 13.9 Å². The van der Waals surface area contributed by atoms with Crippen LogP contribution in [0.4, 0.5) is 21.8 Å². The van der Waals surface area contributed by atoms with Crippen LogP contribution in [-0.2, 0) is 4.74 Å². The lowest BCUT2D eigenvalue weighted by Crippen LogP contribution is -2.32. The summed E-state index contributed by atoms with van der Waals surface area (Å²) in [6.07, 6.45) is 5.35. The fourth-order valence-corrected chi connectivity index (χ4v) is 3.55. The van der Waals surface area contributed by atoms with Crippen LogP contribution in [0.25, 0.3) is 11.0 Å². The average Bonchev–Trinajstić information content (AvgIpc) is 3.37. The molecule has 38 heavy (non-hydrogen) atoms. The molecule has 1 amide bonds. The highest BCUT2D eigenvalue weighted by molar-refractivity contribution is 6.00. The molecule has 2 aromatic heterocycles. The lowest BCUT2D eigenvalue weighted by atomic mass is 9.90. The average molecular weight is 522 g/mol. The van der Waals surface area contributed by atoms with E-state index in [1.807, 2.05) is 20.8 Å². The Kier molecular flexibility index (Phi) is 7.81. The second-order valence-corrected chi connectivity index (χ2v) is 10.2. The summed E-state index contributed by atoms with van der Waals surface area (Å²) in [5, 5.41) is 17.3. The van der Waals surface area contributed by atoms with E-state index in [4.69, 9.17) is 10.1 Å².